The molecule has 0 aromatic heterocycles. The molecule has 6 heteroatoms. The Morgan fingerprint density at radius 2 is 1.94 bits per heavy atom. The van der Waals surface area contributed by atoms with E-state index in [0.717, 1.165) is 19.3 Å². The molecule has 172 valence electrons. The summed E-state index contributed by atoms with van der Waals surface area (Å²) >= 11 is 0. The van der Waals surface area contributed by atoms with Crippen LogP contribution in [0, 0.1) is 29.6 Å². The van der Waals surface area contributed by atoms with Crippen LogP contribution in [0.25, 0.3) is 0 Å². The highest BCUT2D eigenvalue weighted by molar-refractivity contribution is 5.85. The molecule has 31 heavy (non-hydrogen) atoms. The molecule has 0 amide bonds. The van der Waals surface area contributed by atoms with E-state index in [1.165, 1.54) is 5.57 Å². The van der Waals surface area contributed by atoms with E-state index in [9.17, 15) is 19.5 Å². The number of fused-ring (bicyclic) bond motifs is 1. The van der Waals surface area contributed by atoms with Gasteiger partial charge >= 0.3 is 17.9 Å². The fourth-order valence-corrected chi connectivity index (χ4v) is 5.61. The number of aliphatic hydroxyl groups excluding tert-OH is 1. The number of rotatable bonds is 7. The molecule has 3 aliphatic rings. The Morgan fingerprint density at radius 3 is 2.65 bits per heavy atom. The zero-order valence-electron chi connectivity index (χ0n) is 18.9. The van der Waals surface area contributed by atoms with E-state index >= 15 is 0 Å². The third kappa shape index (κ3) is 6.28. The summed E-state index contributed by atoms with van der Waals surface area (Å²) in [6, 6.07) is 0. The molecule has 0 unspecified atom stereocenters. The largest absolute Gasteiger partial charge is 0.462 e. The number of hydrogen-bond acceptors (Lipinski definition) is 6. The Balaban J connectivity index is 1.67. The first-order chi connectivity index (χ1) is 14.8. The highest BCUT2D eigenvalue weighted by Crippen LogP contribution is 2.48. The molecule has 0 spiro atoms. The molecule has 1 heterocycles. The number of allylic oxidation sites excluding steroid dienone is 4. The number of esters is 3. The maximum Gasteiger partial charge on any atom is 0.313 e. The molecule has 0 aromatic carbocycles. The number of carbonyl (C=O) groups is 3. The molecule has 0 radical (unpaired) electrons. The topological polar surface area (TPSA) is 89.9 Å². The van der Waals surface area contributed by atoms with Gasteiger partial charge in [0.25, 0.3) is 0 Å². The third-order valence-corrected chi connectivity index (χ3v) is 7.07. The lowest BCUT2D eigenvalue weighted by molar-refractivity contribution is -0.161. The van der Waals surface area contributed by atoms with Crippen molar-refractivity contribution in [3.8, 4) is 0 Å². The number of ether oxygens (including phenoxy) is 2. The first kappa shape index (κ1) is 23.7. The van der Waals surface area contributed by atoms with Crippen LogP contribution in [0.2, 0.25) is 0 Å². The maximum atomic E-state index is 12.1. The van der Waals surface area contributed by atoms with Gasteiger partial charge < -0.3 is 14.6 Å². The van der Waals surface area contributed by atoms with Crippen molar-refractivity contribution in [1.29, 1.82) is 0 Å². The van der Waals surface area contributed by atoms with Crippen LogP contribution in [0.15, 0.2) is 23.8 Å². The number of hydrogen-bond donors (Lipinski definition) is 1. The van der Waals surface area contributed by atoms with Gasteiger partial charge in [0.15, 0.2) is 0 Å². The molecule has 0 aromatic rings. The van der Waals surface area contributed by atoms with Crippen molar-refractivity contribution < 1.29 is 29.0 Å². The molecule has 3 rings (SSSR count). The van der Waals surface area contributed by atoms with Crippen LogP contribution < -0.4 is 0 Å². The zero-order chi connectivity index (χ0) is 22.5. The predicted molar refractivity (Wildman–Crippen MR) is 116 cm³/mol. The minimum absolute atomic E-state index is 0.0885. The van der Waals surface area contributed by atoms with Crippen LogP contribution in [0.3, 0.4) is 0 Å². The Bertz CT molecular complexity index is 738. The molecule has 1 aliphatic heterocycles. The fourth-order valence-electron chi connectivity index (χ4n) is 5.61. The van der Waals surface area contributed by atoms with Gasteiger partial charge in [-0.25, -0.2) is 0 Å². The van der Waals surface area contributed by atoms with Crippen molar-refractivity contribution in [1.82, 2.24) is 0 Å². The van der Waals surface area contributed by atoms with Crippen molar-refractivity contribution in [2.45, 2.75) is 84.3 Å². The molecule has 0 bridgehead atoms. The van der Waals surface area contributed by atoms with E-state index in [2.05, 4.69) is 32.1 Å². The van der Waals surface area contributed by atoms with E-state index in [-0.39, 0.29) is 31.3 Å². The fraction of sp³-hybridized carbons (Fsp3) is 0.720. The van der Waals surface area contributed by atoms with Gasteiger partial charge in [-0.1, -0.05) is 39.0 Å². The third-order valence-electron chi connectivity index (χ3n) is 7.07. The molecule has 7 atom stereocenters. The Kier molecular flexibility index (Phi) is 8.09. The van der Waals surface area contributed by atoms with Gasteiger partial charge in [0.05, 0.1) is 12.5 Å². The second-order valence-corrected chi connectivity index (χ2v) is 9.57. The first-order valence-corrected chi connectivity index (χ1v) is 11.8. The molecule has 6 nitrogen and oxygen atoms in total. The average Bonchev–Trinajstić information content (AvgIpc) is 2.70. The predicted octanol–water partition coefficient (Wildman–Crippen LogP) is 4.11. The summed E-state index contributed by atoms with van der Waals surface area (Å²) < 4.78 is 10.3. The minimum atomic E-state index is -0.606. The quantitative estimate of drug-likeness (QED) is 0.481. The van der Waals surface area contributed by atoms with E-state index in [0.29, 0.717) is 42.4 Å². The lowest BCUT2D eigenvalue weighted by atomic mass is 9.61. The average molecular weight is 433 g/mol. The monoisotopic (exact) mass is 432 g/mol. The van der Waals surface area contributed by atoms with Crippen molar-refractivity contribution in [3.05, 3.63) is 23.8 Å². The molecule has 2 aliphatic carbocycles. The SMILES string of the molecule is CCC(=O)OC(=O)CC[C@H]1C[C@@H](C)C=C2C=C[C@@H](C)[C@H](CC[C@@H]3C[C@@H](O)CC(=O)O3)[C@H]21. The molecule has 1 saturated heterocycles. The van der Waals surface area contributed by atoms with Gasteiger partial charge in [0.1, 0.15) is 6.10 Å². The highest BCUT2D eigenvalue weighted by Gasteiger charge is 2.40. The summed E-state index contributed by atoms with van der Waals surface area (Å²) in [5.41, 5.74) is 1.34. The summed E-state index contributed by atoms with van der Waals surface area (Å²) in [4.78, 5) is 35.2. The van der Waals surface area contributed by atoms with Crippen molar-refractivity contribution in [2.24, 2.45) is 29.6 Å². The van der Waals surface area contributed by atoms with Crippen molar-refractivity contribution in [2.75, 3.05) is 0 Å². The smallest absolute Gasteiger partial charge is 0.313 e. The van der Waals surface area contributed by atoms with Gasteiger partial charge in [-0.3, -0.25) is 14.4 Å². The number of aliphatic hydroxyl groups is 1. The highest BCUT2D eigenvalue weighted by atomic mass is 16.6. The second kappa shape index (κ2) is 10.6. The van der Waals surface area contributed by atoms with Gasteiger partial charge in [-0.05, 0) is 60.8 Å². The second-order valence-electron chi connectivity index (χ2n) is 9.57. The zero-order valence-corrected chi connectivity index (χ0v) is 18.9. The van der Waals surface area contributed by atoms with Crippen LogP contribution >= 0.6 is 0 Å². The van der Waals surface area contributed by atoms with E-state index < -0.39 is 18.0 Å². The normalized spacial score (nSPS) is 35.0. The molecule has 1 fully saturated rings. The van der Waals surface area contributed by atoms with Crippen molar-refractivity contribution in [3.63, 3.8) is 0 Å². The Morgan fingerprint density at radius 1 is 1.16 bits per heavy atom. The van der Waals surface area contributed by atoms with Crippen LogP contribution in [-0.4, -0.2) is 35.2 Å². The standard InChI is InChI=1S/C25H36O6/c1-4-22(27)31-23(28)10-7-18-12-15(2)11-17-6-5-16(3)21(25(17)18)9-8-20-13-19(26)14-24(29)30-20/h5-6,11,15-16,18-21,25-26H,4,7-10,12-14H2,1-3H3/t15-,16+,18-,19+,20+,21-,25+/m0/s1. The van der Waals surface area contributed by atoms with Gasteiger partial charge in [-0.15, -0.1) is 0 Å². The van der Waals surface area contributed by atoms with Crippen LogP contribution in [0.5, 0.6) is 0 Å². The molecular formula is C25H36O6. The Labute approximate surface area is 185 Å². The van der Waals surface area contributed by atoms with Crippen molar-refractivity contribution >= 4 is 17.9 Å². The van der Waals surface area contributed by atoms with E-state index in [4.69, 9.17) is 9.47 Å². The summed E-state index contributed by atoms with van der Waals surface area (Å²) in [6.07, 6.45) is 10.4. The summed E-state index contributed by atoms with van der Waals surface area (Å²) in [6.45, 7) is 6.11. The lowest BCUT2D eigenvalue weighted by Gasteiger charge is -2.44. The first-order valence-electron chi connectivity index (χ1n) is 11.8. The molecule has 0 saturated carbocycles. The summed E-state index contributed by atoms with van der Waals surface area (Å²) in [5.74, 6) is 0.679. The Hall–Kier alpha value is -1.95. The maximum absolute atomic E-state index is 12.1. The van der Waals surface area contributed by atoms with Crippen LogP contribution in [0.1, 0.15) is 72.1 Å². The lowest BCUT2D eigenvalue weighted by Crippen LogP contribution is -2.37. The van der Waals surface area contributed by atoms with E-state index in [1.807, 2.05) is 0 Å². The van der Waals surface area contributed by atoms with Crippen LogP contribution in [0.4, 0.5) is 0 Å². The number of carbonyl (C=O) groups excluding carboxylic acids is 3. The molecule has 1 N–H and O–H groups in total. The van der Waals surface area contributed by atoms with Gasteiger partial charge in [-0.2, -0.15) is 0 Å². The van der Waals surface area contributed by atoms with Gasteiger partial charge in [0, 0.05) is 19.3 Å². The van der Waals surface area contributed by atoms with Gasteiger partial charge in [0.2, 0.25) is 0 Å². The van der Waals surface area contributed by atoms with E-state index in [1.54, 1.807) is 6.92 Å². The number of cyclic esters (lactones) is 1. The molecular weight excluding hydrogens is 396 g/mol. The van der Waals surface area contributed by atoms with Crippen LogP contribution in [-0.2, 0) is 23.9 Å². The summed E-state index contributed by atoms with van der Waals surface area (Å²) in [7, 11) is 0. The summed E-state index contributed by atoms with van der Waals surface area (Å²) in [5, 5.41) is 9.91. The minimum Gasteiger partial charge on any atom is -0.462 e.